The number of para-hydroxylation sites is 1. The third-order valence-electron chi connectivity index (χ3n) is 4.30. The van der Waals surface area contributed by atoms with Crippen LogP contribution < -0.4 is 0 Å². The molecule has 4 aromatic rings. The second-order valence-corrected chi connectivity index (χ2v) is 6.48. The minimum absolute atomic E-state index is 0.113. The number of benzene rings is 3. The minimum Gasteiger partial charge on any atom is -0.504 e. The summed E-state index contributed by atoms with van der Waals surface area (Å²) in [5.74, 6) is -0.387. The van der Waals surface area contributed by atoms with E-state index in [2.05, 4.69) is 22.8 Å². The molecule has 4 rings (SSSR count). The lowest BCUT2D eigenvalue weighted by molar-refractivity contribution is 0.103. The highest BCUT2D eigenvalue weighted by atomic mass is 32.1. The number of rotatable bonds is 4. The second kappa shape index (κ2) is 7.21. The largest absolute Gasteiger partial charge is 0.504 e. The van der Waals surface area contributed by atoms with Crippen molar-refractivity contribution in [2.75, 3.05) is 0 Å². The quantitative estimate of drug-likeness (QED) is 0.280. The summed E-state index contributed by atoms with van der Waals surface area (Å²) in [5, 5.41) is 28.3. The van der Waals surface area contributed by atoms with Gasteiger partial charge in [-0.1, -0.05) is 48.5 Å². The zero-order valence-corrected chi connectivity index (χ0v) is 15.4. The SMILES string of the molecule is O=C(c1ccccc1)c1cccc(-n2c(S)nnc2-c2cccc(O)c2O)c1. The Morgan fingerprint density at radius 3 is 2.36 bits per heavy atom. The lowest BCUT2D eigenvalue weighted by atomic mass is 10.0. The summed E-state index contributed by atoms with van der Waals surface area (Å²) < 4.78 is 1.60. The Hall–Kier alpha value is -3.58. The minimum atomic E-state index is -0.305. The van der Waals surface area contributed by atoms with Gasteiger partial charge in [0.05, 0.1) is 11.3 Å². The van der Waals surface area contributed by atoms with E-state index in [4.69, 9.17) is 0 Å². The molecule has 28 heavy (non-hydrogen) atoms. The van der Waals surface area contributed by atoms with Crippen molar-refractivity contribution in [3.05, 3.63) is 83.9 Å². The summed E-state index contributed by atoms with van der Waals surface area (Å²) in [6.07, 6.45) is 0. The Kier molecular flexibility index (Phi) is 4.58. The van der Waals surface area contributed by atoms with Gasteiger partial charge in [0.1, 0.15) is 0 Å². The molecule has 0 radical (unpaired) electrons. The van der Waals surface area contributed by atoms with Crippen molar-refractivity contribution in [2.24, 2.45) is 0 Å². The van der Waals surface area contributed by atoms with E-state index in [0.717, 1.165) is 0 Å². The number of hydrogen-bond acceptors (Lipinski definition) is 6. The van der Waals surface area contributed by atoms with Crippen molar-refractivity contribution in [3.8, 4) is 28.6 Å². The van der Waals surface area contributed by atoms with Crippen LogP contribution in [0.4, 0.5) is 0 Å². The number of aromatic nitrogens is 3. The van der Waals surface area contributed by atoms with Gasteiger partial charge in [0.15, 0.2) is 28.3 Å². The molecule has 3 aromatic carbocycles. The molecule has 0 fully saturated rings. The molecule has 7 heteroatoms. The van der Waals surface area contributed by atoms with Crippen LogP contribution >= 0.6 is 12.6 Å². The molecule has 6 nitrogen and oxygen atoms in total. The number of carbonyl (C=O) groups excluding carboxylic acids is 1. The predicted octanol–water partition coefficient (Wildman–Crippen LogP) is 3.87. The zero-order chi connectivity index (χ0) is 19.7. The van der Waals surface area contributed by atoms with E-state index in [-0.39, 0.29) is 22.4 Å². The van der Waals surface area contributed by atoms with Crippen LogP contribution in [0.2, 0.25) is 0 Å². The van der Waals surface area contributed by atoms with Crippen LogP contribution in [0.15, 0.2) is 78.0 Å². The van der Waals surface area contributed by atoms with Crippen molar-refractivity contribution < 1.29 is 15.0 Å². The summed E-state index contributed by atoms with van der Waals surface area (Å²) >= 11 is 4.36. The molecule has 1 aromatic heterocycles. The van der Waals surface area contributed by atoms with Crippen LogP contribution in [0, 0.1) is 0 Å². The molecular weight excluding hydrogens is 374 g/mol. The molecular formula is C21H15N3O3S. The number of hydrogen-bond donors (Lipinski definition) is 3. The van der Waals surface area contributed by atoms with Crippen molar-refractivity contribution in [1.29, 1.82) is 0 Å². The number of carbonyl (C=O) groups is 1. The summed E-state index contributed by atoms with van der Waals surface area (Å²) in [4.78, 5) is 12.8. The summed E-state index contributed by atoms with van der Waals surface area (Å²) in [7, 11) is 0. The number of aromatic hydroxyl groups is 2. The molecule has 0 amide bonds. The van der Waals surface area contributed by atoms with Crippen LogP contribution in [0.1, 0.15) is 15.9 Å². The van der Waals surface area contributed by atoms with Gasteiger partial charge in [-0.15, -0.1) is 22.8 Å². The van der Waals surface area contributed by atoms with E-state index in [1.165, 1.54) is 6.07 Å². The molecule has 0 aliphatic heterocycles. The number of thiol groups is 1. The first-order valence-electron chi connectivity index (χ1n) is 8.42. The number of phenolic OH excluding ortho intramolecular Hbond substituents is 2. The van der Waals surface area contributed by atoms with E-state index in [9.17, 15) is 15.0 Å². The van der Waals surface area contributed by atoms with E-state index in [0.29, 0.717) is 28.2 Å². The van der Waals surface area contributed by atoms with Gasteiger partial charge in [0.2, 0.25) is 0 Å². The smallest absolute Gasteiger partial charge is 0.193 e. The van der Waals surface area contributed by atoms with E-state index >= 15 is 0 Å². The van der Waals surface area contributed by atoms with Gasteiger partial charge in [0, 0.05) is 11.1 Å². The third kappa shape index (κ3) is 3.12. The second-order valence-electron chi connectivity index (χ2n) is 6.08. The van der Waals surface area contributed by atoms with Gasteiger partial charge in [-0.05, 0) is 24.3 Å². The van der Waals surface area contributed by atoms with Crippen LogP contribution in [-0.4, -0.2) is 30.8 Å². The molecule has 1 heterocycles. The number of ketones is 1. The fourth-order valence-electron chi connectivity index (χ4n) is 2.94. The van der Waals surface area contributed by atoms with Crippen molar-refractivity contribution >= 4 is 18.4 Å². The Balaban J connectivity index is 1.82. The van der Waals surface area contributed by atoms with Gasteiger partial charge in [-0.2, -0.15) is 0 Å². The molecule has 0 atom stereocenters. The van der Waals surface area contributed by atoms with Gasteiger partial charge in [0.25, 0.3) is 0 Å². The van der Waals surface area contributed by atoms with Crippen LogP contribution in [0.3, 0.4) is 0 Å². The Morgan fingerprint density at radius 1 is 0.857 bits per heavy atom. The Bertz CT molecular complexity index is 1170. The van der Waals surface area contributed by atoms with E-state index < -0.39 is 0 Å². The highest BCUT2D eigenvalue weighted by Gasteiger charge is 2.19. The van der Waals surface area contributed by atoms with Gasteiger partial charge in [-0.3, -0.25) is 9.36 Å². The number of nitrogens with zero attached hydrogens (tertiary/aromatic N) is 3. The molecule has 0 saturated carbocycles. The maximum atomic E-state index is 12.8. The van der Waals surface area contributed by atoms with E-state index in [1.54, 1.807) is 53.1 Å². The maximum Gasteiger partial charge on any atom is 0.193 e. The fourth-order valence-corrected chi connectivity index (χ4v) is 3.20. The monoisotopic (exact) mass is 389 g/mol. The fraction of sp³-hybridized carbons (Fsp3) is 0. The number of phenols is 2. The Morgan fingerprint density at radius 2 is 1.57 bits per heavy atom. The first-order chi connectivity index (χ1) is 13.6. The predicted molar refractivity (Wildman–Crippen MR) is 107 cm³/mol. The average Bonchev–Trinajstić information content (AvgIpc) is 3.11. The first kappa shape index (κ1) is 17.8. The van der Waals surface area contributed by atoms with Gasteiger partial charge < -0.3 is 10.2 Å². The van der Waals surface area contributed by atoms with Crippen molar-refractivity contribution in [2.45, 2.75) is 5.16 Å². The molecule has 0 spiro atoms. The average molecular weight is 389 g/mol. The Labute approximate surface area is 166 Å². The first-order valence-corrected chi connectivity index (χ1v) is 8.87. The topological polar surface area (TPSA) is 88.2 Å². The summed E-state index contributed by atoms with van der Waals surface area (Å²) in [6.45, 7) is 0. The molecule has 0 saturated heterocycles. The zero-order valence-electron chi connectivity index (χ0n) is 14.5. The lowest BCUT2D eigenvalue weighted by Crippen LogP contribution is -2.04. The van der Waals surface area contributed by atoms with Crippen molar-refractivity contribution in [1.82, 2.24) is 14.8 Å². The third-order valence-corrected chi connectivity index (χ3v) is 4.59. The summed E-state index contributed by atoms with van der Waals surface area (Å²) in [5.41, 5.74) is 1.98. The standard InChI is InChI=1S/C21H15N3O3S/c25-17-11-5-10-16(19(17)27)20-22-23-21(28)24(20)15-9-4-8-14(12-15)18(26)13-6-2-1-3-7-13/h1-12,25,27H,(H,23,28). The normalized spacial score (nSPS) is 10.8. The highest BCUT2D eigenvalue weighted by molar-refractivity contribution is 7.80. The highest BCUT2D eigenvalue weighted by Crippen LogP contribution is 2.36. The van der Waals surface area contributed by atoms with Crippen LogP contribution in [0.5, 0.6) is 11.5 Å². The van der Waals surface area contributed by atoms with E-state index in [1.807, 2.05) is 18.2 Å². The molecule has 0 bridgehead atoms. The molecule has 0 aliphatic rings. The van der Waals surface area contributed by atoms with Crippen molar-refractivity contribution in [3.63, 3.8) is 0 Å². The van der Waals surface area contributed by atoms with Crippen LogP contribution in [0.25, 0.3) is 17.1 Å². The lowest BCUT2D eigenvalue weighted by Gasteiger charge is -2.11. The molecule has 2 N–H and O–H groups in total. The van der Waals surface area contributed by atoms with Gasteiger partial charge >= 0.3 is 0 Å². The molecule has 0 unspecified atom stereocenters. The molecule has 138 valence electrons. The maximum absolute atomic E-state index is 12.8. The van der Waals surface area contributed by atoms with Gasteiger partial charge in [-0.25, -0.2) is 0 Å². The summed E-state index contributed by atoms with van der Waals surface area (Å²) in [6, 6.07) is 20.6. The van der Waals surface area contributed by atoms with Crippen LogP contribution in [-0.2, 0) is 0 Å². The molecule has 0 aliphatic carbocycles.